The SMILES string of the molecule is CC(CS(=O)(=O)CC(F)(F)F)NC(=O)c1ccc(/C(F)=C/C(c2ccc(Cl)c(Br)c2)C(F)(F)F)cc1C(F)(F)F. The first-order chi connectivity index (χ1) is 18.0. The number of carbonyl (C=O) groups excluding carboxylic acids is 1. The van der Waals surface area contributed by atoms with E-state index in [4.69, 9.17) is 11.6 Å². The van der Waals surface area contributed by atoms with E-state index in [1.165, 1.54) is 0 Å². The largest absolute Gasteiger partial charge is 0.417 e. The van der Waals surface area contributed by atoms with E-state index in [0.29, 0.717) is 12.1 Å². The maximum atomic E-state index is 14.9. The molecule has 17 heteroatoms. The van der Waals surface area contributed by atoms with Crippen LogP contribution in [0.2, 0.25) is 5.02 Å². The molecule has 2 rings (SSSR count). The maximum Gasteiger partial charge on any atom is 0.417 e. The molecule has 1 N–H and O–H groups in total. The van der Waals surface area contributed by atoms with Crippen molar-refractivity contribution in [2.45, 2.75) is 37.4 Å². The number of alkyl halides is 9. The first-order valence-electron chi connectivity index (χ1n) is 10.7. The summed E-state index contributed by atoms with van der Waals surface area (Å²) in [7, 11) is -4.80. The van der Waals surface area contributed by atoms with Gasteiger partial charge in [-0.05, 0) is 58.8 Å². The summed E-state index contributed by atoms with van der Waals surface area (Å²) in [6, 6.07) is 2.54. The Morgan fingerprint density at radius 2 is 1.62 bits per heavy atom. The van der Waals surface area contributed by atoms with Crippen molar-refractivity contribution in [3.8, 4) is 0 Å². The van der Waals surface area contributed by atoms with Gasteiger partial charge in [0.1, 0.15) is 17.5 Å². The van der Waals surface area contributed by atoms with Crippen LogP contribution in [0.5, 0.6) is 0 Å². The highest BCUT2D eigenvalue weighted by molar-refractivity contribution is 9.10. The number of carbonyl (C=O) groups is 1. The third-order valence-electron chi connectivity index (χ3n) is 5.08. The number of rotatable bonds is 8. The smallest absolute Gasteiger partial charge is 0.349 e. The van der Waals surface area contributed by atoms with Crippen molar-refractivity contribution >= 4 is 49.1 Å². The highest BCUT2D eigenvalue weighted by Gasteiger charge is 2.41. The van der Waals surface area contributed by atoms with E-state index in [1.54, 1.807) is 0 Å². The van der Waals surface area contributed by atoms with Gasteiger partial charge in [-0.2, -0.15) is 39.5 Å². The number of amides is 1. The number of hydrogen-bond acceptors (Lipinski definition) is 3. The van der Waals surface area contributed by atoms with E-state index >= 15 is 0 Å². The first kappa shape index (κ1) is 33.9. The van der Waals surface area contributed by atoms with Crippen LogP contribution in [-0.4, -0.2) is 44.2 Å². The van der Waals surface area contributed by atoms with Crippen molar-refractivity contribution in [2.75, 3.05) is 11.5 Å². The Morgan fingerprint density at radius 3 is 2.12 bits per heavy atom. The Labute approximate surface area is 234 Å². The monoisotopic (exact) mass is 691 g/mol. The Balaban J connectivity index is 2.43. The van der Waals surface area contributed by atoms with Crippen LogP contribution >= 0.6 is 27.5 Å². The molecule has 0 aliphatic heterocycles. The molecule has 0 aliphatic rings. The molecule has 0 fully saturated rings. The van der Waals surface area contributed by atoms with Gasteiger partial charge in [-0.25, -0.2) is 12.8 Å². The van der Waals surface area contributed by atoms with Gasteiger partial charge in [-0.15, -0.1) is 0 Å². The van der Waals surface area contributed by atoms with Crippen molar-refractivity contribution in [1.29, 1.82) is 0 Å². The highest BCUT2D eigenvalue weighted by Crippen LogP contribution is 2.41. The van der Waals surface area contributed by atoms with E-state index in [-0.39, 0.29) is 21.6 Å². The van der Waals surface area contributed by atoms with Crippen LogP contribution in [0.25, 0.3) is 5.83 Å². The molecular formula is C23H17BrClF10NO3S. The van der Waals surface area contributed by atoms with Crippen LogP contribution in [0.4, 0.5) is 43.9 Å². The average Bonchev–Trinajstić information content (AvgIpc) is 2.75. The van der Waals surface area contributed by atoms with Crippen LogP contribution in [0.15, 0.2) is 46.9 Å². The number of halogens is 12. The number of allylic oxidation sites excluding steroid dienone is 1. The molecule has 0 saturated carbocycles. The average molecular weight is 693 g/mol. The van der Waals surface area contributed by atoms with Gasteiger partial charge in [0, 0.05) is 16.1 Å². The Morgan fingerprint density at radius 1 is 1.02 bits per heavy atom. The molecule has 2 unspecified atom stereocenters. The van der Waals surface area contributed by atoms with Crippen LogP contribution in [0.3, 0.4) is 0 Å². The van der Waals surface area contributed by atoms with Crippen molar-refractivity contribution < 1.29 is 57.1 Å². The number of benzene rings is 2. The minimum absolute atomic E-state index is 0.0402. The molecule has 0 heterocycles. The lowest BCUT2D eigenvalue weighted by atomic mass is 9.95. The summed E-state index contributed by atoms with van der Waals surface area (Å²) < 4.78 is 158. The number of hydrogen-bond donors (Lipinski definition) is 1. The number of sulfone groups is 1. The molecule has 2 aromatic rings. The predicted octanol–water partition coefficient (Wildman–Crippen LogP) is 7.87. The first-order valence-corrected chi connectivity index (χ1v) is 13.7. The fraction of sp³-hybridized carbons (Fsp3) is 0.348. The second-order valence-electron chi connectivity index (χ2n) is 8.51. The molecule has 4 nitrogen and oxygen atoms in total. The fourth-order valence-corrected chi connectivity index (χ4v) is 5.46. The molecule has 0 radical (unpaired) electrons. The quantitative estimate of drug-likeness (QED) is 0.287. The third kappa shape index (κ3) is 9.65. The summed E-state index contributed by atoms with van der Waals surface area (Å²) in [5, 5.41) is 1.87. The summed E-state index contributed by atoms with van der Waals surface area (Å²) in [4.78, 5) is 12.4. The molecule has 40 heavy (non-hydrogen) atoms. The fourth-order valence-electron chi connectivity index (χ4n) is 3.49. The number of nitrogens with one attached hydrogen (secondary N) is 1. The molecule has 1 amide bonds. The van der Waals surface area contributed by atoms with E-state index in [0.717, 1.165) is 25.1 Å². The normalized spacial score (nSPS) is 15.1. The van der Waals surface area contributed by atoms with Gasteiger partial charge >= 0.3 is 18.5 Å². The maximum absolute atomic E-state index is 14.9. The predicted molar refractivity (Wildman–Crippen MR) is 130 cm³/mol. The van der Waals surface area contributed by atoms with Gasteiger partial charge < -0.3 is 5.32 Å². The molecule has 2 atom stereocenters. The summed E-state index contributed by atoms with van der Waals surface area (Å²) in [5.74, 6) is -9.35. The summed E-state index contributed by atoms with van der Waals surface area (Å²) in [6.07, 6.45) is -15.5. The van der Waals surface area contributed by atoms with Gasteiger partial charge in [0.2, 0.25) is 0 Å². The second-order valence-corrected chi connectivity index (χ2v) is 11.9. The second kappa shape index (κ2) is 12.3. The zero-order valence-electron chi connectivity index (χ0n) is 19.8. The van der Waals surface area contributed by atoms with E-state index in [9.17, 15) is 57.1 Å². The zero-order valence-corrected chi connectivity index (χ0v) is 22.9. The summed E-state index contributed by atoms with van der Waals surface area (Å²) in [6.45, 7) is 0.933. The lowest BCUT2D eigenvalue weighted by molar-refractivity contribution is -0.140. The molecular weight excluding hydrogens is 676 g/mol. The zero-order chi connectivity index (χ0) is 30.8. The third-order valence-corrected chi connectivity index (χ3v) is 8.07. The van der Waals surface area contributed by atoms with Crippen LogP contribution < -0.4 is 5.32 Å². The Hall–Kier alpha value is -2.33. The Bertz CT molecular complexity index is 1390. The van der Waals surface area contributed by atoms with Crippen LogP contribution in [0, 0.1) is 0 Å². The minimum atomic E-state index is -5.33. The standard InChI is InChI=1S/C23H17BrClF10NO3S/c1-11(9-40(38,39)10-21(27,28)29)36-20(37)14-4-2-13(6-16(14)23(33,34)35)19(26)8-15(22(30,31)32)12-3-5-18(25)17(24)7-12/h2-8,11,15H,9-10H2,1H3,(H,36,37)/b19-8-. The molecule has 0 spiro atoms. The van der Waals surface area contributed by atoms with Crippen molar-refractivity contribution in [3.05, 3.63) is 74.2 Å². The lowest BCUT2D eigenvalue weighted by Crippen LogP contribution is -2.40. The van der Waals surface area contributed by atoms with Crippen molar-refractivity contribution in [1.82, 2.24) is 5.32 Å². The van der Waals surface area contributed by atoms with E-state index < -0.39 is 85.8 Å². The van der Waals surface area contributed by atoms with Crippen LogP contribution in [0.1, 0.15) is 39.9 Å². The summed E-state index contributed by atoms with van der Waals surface area (Å²) >= 11 is 8.69. The van der Waals surface area contributed by atoms with Gasteiger partial charge in [-0.3, -0.25) is 4.79 Å². The van der Waals surface area contributed by atoms with Crippen molar-refractivity contribution in [2.24, 2.45) is 0 Å². The van der Waals surface area contributed by atoms with Crippen LogP contribution in [-0.2, 0) is 16.0 Å². The van der Waals surface area contributed by atoms with E-state index in [1.807, 2.05) is 5.32 Å². The molecule has 0 bridgehead atoms. The lowest BCUT2D eigenvalue weighted by Gasteiger charge is -2.19. The molecule has 2 aromatic carbocycles. The van der Waals surface area contributed by atoms with Crippen molar-refractivity contribution in [3.63, 3.8) is 0 Å². The molecule has 0 aromatic heterocycles. The van der Waals surface area contributed by atoms with Gasteiger partial charge in [-0.1, -0.05) is 23.7 Å². The molecule has 222 valence electrons. The minimum Gasteiger partial charge on any atom is -0.349 e. The topological polar surface area (TPSA) is 63.2 Å². The van der Waals surface area contributed by atoms with Gasteiger partial charge in [0.25, 0.3) is 5.91 Å². The Kier molecular flexibility index (Phi) is 10.4. The van der Waals surface area contributed by atoms with Gasteiger partial charge in [0.15, 0.2) is 9.84 Å². The molecule has 0 aliphatic carbocycles. The summed E-state index contributed by atoms with van der Waals surface area (Å²) in [5.41, 5.74) is -4.40. The van der Waals surface area contributed by atoms with Gasteiger partial charge in [0.05, 0.1) is 21.9 Å². The highest BCUT2D eigenvalue weighted by atomic mass is 79.9. The molecule has 0 saturated heterocycles. The van der Waals surface area contributed by atoms with E-state index in [2.05, 4.69) is 15.9 Å².